The van der Waals surface area contributed by atoms with Crippen molar-refractivity contribution >= 4 is 5.84 Å². The quantitative estimate of drug-likeness (QED) is 0.626. The number of nitrogens with one attached hydrogen (secondary N) is 1. The van der Waals surface area contributed by atoms with E-state index < -0.39 is 0 Å². The number of hydrogen-bond acceptors (Lipinski definition) is 3. The first-order chi connectivity index (χ1) is 9.69. The van der Waals surface area contributed by atoms with Crippen molar-refractivity contribution in [1.82, 2.24) is 0 Å². The van der Waals surface area contributed by atoms with E-state index in [-0.39, 0.29) is 5.84 Å². The second kappa shape index (κ2) is 6.61. The Kier molecular flexibility index (Phi) is 4.60. The Bertz CT molecular complexity index is 579. The van der Waals surface area contributed by atoms with Crippen LogP contribution in [-0.2, 0) is 6.61 Å². The van der Waals surface area contributed by atoms with Gasteiger partial charge in [-0.05, 0) is 24.6 Å². The van der Waals surface area contributed by atoms with Crippen molar-refractivity contribution in [2.45, 2.75) is 13.5 Å². The summed E-state index contributed by atoms with van der Waals surface area (Å²) in [5.74, 6) is 1.64. The first kappa shape index (κ1) is 13.9. The van der Waals surface area contributed by atoms with E-state index in [9.17, 15) is 0 Å². The average Bonchev–Trinajstić information content (AvgIpc) is 2.46. The van der Waals surface area contributed by atoms with E-state index in [2.05, 4.69) is 0 Å². The third kappa shape index (κ3) is 3.75. The zero-order valence-corrected chi connectivity index (χ0v) is 11.4. The van der Waals surface area contributed by atoms with Crippen LogP contribution in [0.5, 0.6) is 11.5 Å². The molecule has 20 heavy (non-hydrogen) atoms. The van der Waals surface area contributed by atoms with E-state index in [0.717, 1.165) is 17.1 Å². The maximum Gasteiger partial charge on any atom is 0.123 e. The minimum absolute atomic E-state index is 0.0712. The number of nitrogen functional groups attached to an aromatic ring is 1. The Morgan fingerprint density at radius 3 is 2.30 bits per heavy atom. The molecule has 3 N–H and O–H groups in total. The molecular formula is C16H18N2O2. The maximum absolute atomic E-state index is 7.34. The lowest BCUT2D eigenvalue weighted by molar-refractivity contribution is 0.299. The summed E-state index contributed by atoms with van der Waals surface area (Å²) in [4.78, 5) is 0. The van der Waals surface area contributed by atoms with Gasteiger partial charge in [-0.25, -0.2) is 0 Å². The summed E-state index contributed by atoms with van der Waals surface area (Å²) >= 11 is 0. The largest absolute Gasteiger partial charge is 0.494 e. The van der Waals surface area contributed by atoms with Crippen LogP contribution in [0.15, 0.2) is 48.5 Å². The van der Waals surface area contributed by atoms with Crippen LogP contribution in [-0.4, -0.2) is 12.4 Å². The van der Waals surface area contributed by atoms with Crippen LogP contribution in [0.25, 0.3) is 0 Å². The maximum atomic E-state index is 7.34. The summed E-state index contributed by atoms with van der Waals surface area (Å²) in [6.07, 6.45) is 0. The van der Waals surface area contributed by atoms with Crippen molar-refractivity contribution in [3.05, 3.63) is 59.7 Å². The van der Waals surface area contributed by atoms with E-state index in [0.29, 0.717) is 18.8 Å². The van der Waals surface area contributed by atoms with Gasteiger partial charge in [-0.3, -0.25) is 5.41 Å². The molecule has 0 saturated heterocycles. The molecule has 0 bridgehead atoms. The van der Waals surface area contributed by atoms with Crippen LogP contribution in [0.4, 0.5) is 0 Å². The van der Waals surface area contributed by atoms with Gasteiger partial charge in [0.05, 0.1) is 6.61 Å². The molecule has 0 aliphatic heterocycles. The fraction of sp³-hybridized carbons (Fsp3) is 0.188. The number of nitrogens with two attached hydrogens (primary N) is 1. The van der Waals surface area contributed by atoms with Crippen molar-refractivity contribution in [2.24, 2.45) is 5.73 Å². The third-order valence-electron chi connectivity index (χ3n) is 2.79. The lowest BCUT2D eigenvalue weighted by Crippen LogP contribution is -2.10. The van der Waals surface area contributed by atoms with Crippen molar-refractivity contribution in [2.75, 3.05) is 6.61 Å². The Morgan fingerprint density at radius 1 is 1.05 bits per heavy atom. The number of rotatable bonds is 6. The second-order valence-electron chi connectivity index (χ2n) is 4.31. The molecule has 0 fully saturated rings. The number of benzene rings is 2. The fourth-order valence-electron chi connectivity index (χ4n) is 1.77. The summed E-state index contributed by atoms with van der Waals surface area (Å²) in [6, 6.07) is 15.0. The van der Waals surface area contributed by atoms with Crippen LogP contribution in [0, 0.1) is 5.41 Å². The molecule has 0 atom stereocenters. The highest BCUT2D eigenvalue weighted by Gasteiger charge is 2.00. The van der Waals surface area contributed by atoms with Crippen LogP contribution in [0.2, 0.25) is 0 Å². The smallest absolute Gasteiger partial charge is 0.123 e. The number of amidine groups is 1. The van der Waals surface area contributed by atoms with E-state index in [1.807, 2.05) is 55.5 Å². The minimum Gasteiger partial charge on any atom is -0.494 e. The van der Waals surface area contributed by atoms with Gasteiger partial charge < -0.3 is 15.2 Å². The van der Waals surface area contributed by atoms with Gasteiger partial charge in [0.15, 0.2) is 0 Å². The predicted molar refractivity (Wildman–Crippen MR) is 79.4 cm³/mol. The highest BCUT2D eigenvalue weighted by Crippen LogP contribution is 2.20. The van der Waals surface area contributed by atoms with Crippen molar-refractivity contribution in [3.8, 4) is 11.5 Å². The van der Waals surface area contributed by atoms with Crippen molar-refractivity contribution < 1.29 is 9.47 Å². The minimum atomic E-state index is 0.0712. The molecule has 2 aromatic rings. The fourth-order valence-corrected chi connectivity index (χ4v) is 1.77. The Labute approximate surface area is 118 Å². The van der Waals surface area contributed by atoms with E-state index in [1.54, 1.807) is 0 Å². The molecule has 104 valence electrons. The normalized spacial score (nSPS) is 10.1. The molecule has 0 amide bonds. The van der Waals surface area contributed by atoms with Crippen LogP contribution >= 0.6 is 0 Å². The molecule has 4 heteroatoms. The molecular weight excluding hydrogens is 252 g/mol. The van der Waals surface area contributed by atoms with Gasteiger partial charge in [-0.1, -0.05) is 30.3 Å². The standard InChI is InChI=1S/C16H18N2O2/c1-2-19-14-4-3-5-15(10-14)20-11-12-6-8-13(9-7-12)16(17)18/h3-10H,2,11H2,1H3,(H3,17,18). The van der Waals surface area contributed by atoms with E-state index in [1.165, 1.54) is 0 Å². The summed E-state index contributed by atoms with van der Waals surface area (Å²) in [5.41, 5.74) is 7.15. The van der Waals surface area contributed by atoms with E-state index in [4.69, 9.17) is 20.6 Å². The average molecular weight is 270 g/mol. The summed E-state index contributed by atoms with van der Waals surface area (Å²) in [7, 11) is 0. The van der Waals surface area contributed by atoms with Crippen molar-refractivity contribution in [3.63, 3.8) is 0 Å². The third-order valence-corrected chi connectivity index (χ3v) is 2.79. The zero-order valence-electron chi connectivity index (χ0n) is 11.4. The molecule has 0 unspecified atom stereocenters. The summed E-state index contributed by atoms with van der Waals surface area (Å²) in [6.45, 7) is 3.05. The van der Waals surface area contributed by atoms with Gasteiger partial charge in [-0.15, -0.1) is 0 Å². The highest BCUT2D eigenvalue weighted by molar-refractivity contribution is 5.94. The Morgan fingerprint density at radius 2 is 1.70 bits per heavy atom. The number of hydrogen-bond donors (Lipinski definition) is 2. The summed E-state index contributed by atoms with van der Waals surface area (Å²) < 4.78 is 11.1. The van der Waals surface area contributed by atoms with Gasteiger partial charge in [0.25, 0.3) is 0 Å². The monoisotopic (exact) mass is 270 g/mol. The molecule has 4 nitrogen and oxygen atoms in total. The van der Waals surface area contributed by atoms with Crippen LogP contribution in [0.1, 0.15) is 18.1 Å². The topological polar surface area (TPSA) is 68.3 Å². The number of ether oxygens (including phenoxy) is 2. The van der Waals surface area contributed by atoms with Gasteiger partial charge in [-0.2, -0.15) is 0 Å². The zero-order chi connectivity index (χ0) is 14.4. The first-order valence-electron chi connectivity index (χ1n) is 6.48. The van der Waals surface area contributed by atoms with Gasteiger partial charge in [0.2, 0.25) is 0 Å². The molecule has 0 radical (unpaired) electrons. The van der Waals surface area contributed by atoms with Crippen molar-refractivity contribution in [1.29, 1.82) is 5.41 Å². The molecule has 0 heterocycles. The first-order valence-corrected chi connectivity index (χ1v) is 6.48. The predicted octanol–water partition coefficient (Wildman–Crippen LogP) is 2.95. The SMILES string of the molecule is CCOc1cccc(OCc2ccc(C(=N)N)cc2)c1. The molecule has 2 rings (SSSR count). The Balaban J connectivity index is 1.97. The highest BCUT2D eigenvalue weighted by atomic mass is 16.5. The molecule has 0 saturated carbocycles. The molecule has 0 aliphatic carbocycles. The lowest BCUT2D eigenvalue weighted by Gasteiger charge is -2.09. The lowest BCUT2D eigenvalue weighted by atomic mass is 10.1. The molecule has 0 aliphatic rings. The van der Waals surface area contributed by atoms with Gasteiger partial charge >= 0.3 is 0 Å². The van der Waals surface area contributed by atoms with Crippen LogP contribution in [0.3, 0.4) is 0 Å². The Hall–Kier alpha value is -2.49. The summed E-state index contributed by atoms with van der Waals surface area (Å²) in [5, 5.41) is 7.34. The van der Waals surface area contributed by atoms with Gasteiger partial charge in [0.1, 0.15) is 23.9 Å². The second-order valence-corrected chi connectivity index (χ2v) is 4.31. The van der Waals surface area contributed by atoms with Crippen LogP contribution < -0.4 is 15.2 Å². The van der Waals surface area contributed by atoms with E-state index >= 15 is 0 Å². The molecule has 0 aromatic heterocycles. The molecule has 2 aromatic carbocycles. The van der Waals surface area contributed by atoms with Gasteiger partial charge in [0, 0.05) is 11.6 Å². The molecule has 0 spiro atoms.